The number of imidazole rings is 1. The van der Waals surface area contributed by atoms with Crippen LogP contribution >= 0.6 is 12.2 Å². The Labute approximate surface area is 101 Å². The van der Waals surface area contributed by atoms with Crippen LogP contribution in [0.25, 0.3) is 0 Å². The van der Waals surface area contributed by atoms with Gasteiger partial charge in [0.1, 0.15) is 0 Å². The maximum atomic E-state index is 11.0. The lowest BCUT2D eigenvalue weighted by molar-refractivity contribution is 0.174. The molecule has 3 rings (SSSR count). The van der Waals surface area contributed by atoms with Crippen LogP contribution in [0.3, 0.4) is 0 Å². The van der Waals surface area contributed by atoms with Crippen LogP contribution in [0, 0.1) is 0 Å². The predicted molar refractivity (Wildman–Crippen MR) is 64.8 cm³/mol. The lowest BCUT2D eigenvalue weighted by Gasteiger charge is -2.02. The van der Waals surface area contributed by atoms with Gasteiger partial charge in [0.25, 0.3) is 0 Å². The van der Waals surface area contributed by atoms with Crippen molar-refractivity contribution < 1.29 is 9.47 Å². The van der Waals surface area contributed by atoms with E-state index in [1.165, 1.54) is 0 Å². The van der Waals surface area contributed by atoms with Gasteiger partial charge in [-0.2, -0.15) is 0 Å². The third-order valence-corrected chi connectivity index (χ3v) is 2.93. The molecule has 0 fully saturated rings. The van der Waals surface area contributed by atoms with Gasteiger partial charge in [-0.15, -0.1) is 0 Å². The summed E-state index contributed by atoms with van der Waals surface area (Å²) in [6.07, 6.45) is 1.55. The first-order valence-electron chi connectivity index (χ1n) is 4.96. The average Bonchev–Trinajstić information content (AvgIpc) is 2.95. The molecule has 6 heteroatoms. The van der Waals surface area contributed by atoms with Crippen LogP contribution in [0.4, 0.5) is 0 Å². The van der Waals surface area contributed by atoms with Crippen molar-refractivity contribution in [2.24, 2.45) is 0 Å². The zero-order valence-corrected chi connectivity index (χ0v) is 9.47. The number of H-pyrrole nitrogens is 2. The molecule has 0 radical (unpaired) electrons. The van der Waals surface area contributed by atoms with E-state index in [2.05, 4.69) is 9.97 Å². The Morgan fingerprint density at radius 1 is 1.29 bits per heavy atom. The molecule has 0 saturated heterocycles. The Hall–Kier alpha value is -2.08. The SMILES string of the molecule is O=c1[nH]cc(C(=S)c2ccc3c(c2)OCO3)[nH]1. The number of nitrogens with one attached hydrogen (secondary N) is 2. The number of hydrogen-bond donors (Lipinski definition) is 2. The Morgan fingerprint density at radius 2 is 2.12 bits per heavy atom. The van der Waals surface area contributed by atoms with Crippen molar-refractivity contribution in [1.82, 2.24) is 9.97 Å². The van der Waals surface area contributed by atoms with Crippen molar-refractivity contribution in [3.63, 3.8) is 0 Å². The molecular formula is C11H8N2O3S. The van der Waals surface area contributed by atoms with E-state index < -0.39 is 0 Å². The maximum absolute atomic E-state index is 11.0. The largest absolute Gasteiger partial charge is 0.454 e. The van der Waals surface area contributed by atoms with Crippen LogP contribution in [0.2, 0.25) is 0 Å². The number of benzene rings is 1. The maximum Gasteiger partial charge on any atom is 0.323 e. The van der Waals surface area contributed by atoms with Crippen LogP contribution in [0.15, 0.2) is 29.2 Å². The highest BCUT2D eigenvalue weighted by Gasteiger charge is 2.15. The Balaban J connectivity index is 1.99. The fraction of sp³-hybridized carbons (Fsp3) is 0.0909. The summed E-state index contributed by atoms with van der Waals surface area (Å²) in [5.41, 5.74) is 1.12. The molecule has 0 atom stereocenters. The normalized spacial score (nSPS) is 12.7. The summed E-state index contributed by atoms with van der Waals surface area (Å²) in [7, 11) is 0. The molecule has 1 aliphatic rings. The van der Waals surface area contributed by atoms with Crippen LogP contribution in [0.1, 0.15) is 11.3 Å². The van der Waals surface area contributed by atoms with Gasteiger partial charge in [0.05, 0.1) is 10.6 Å². The molecule has 0 amide bonds. The van der Waals surface area contributed by atoms with Gasteiger partial charge >= 0.3 is 5.69 Å². The summed E-state index contributed by atoms with van der Waals surface area (Å²) in [5.74, 6) is 1.38. The van der Waals surface area contributed by atoms with Crippen molar-refractivity contribution in [1.29, 1.82) is 0 Å². The fourth-order valence-electron chi connectivity index (χ4n) is 1.65. The van der Waals surface area contributed by atoms with E-state index in [1.807, 2.05) is 6.07 Å². The van der Waals surface area contributed by atoms with E-state index in [4.69, 9.17) is 21.7 Å². The smallest absolute Gasteiger partial charge is 0.323 e. The number of aromatic nitrogens is 2. The van der Waals surface area contributed by atoms with Crippen molar-refractivity contribution in [2.75, 3.05) is 6.79 Å². The molecule has 2 N–H and O–H groups in total. The van der Waals surface area contributed by atoms with Crippen LogP contribution in [-0.4, -0.2) is 21.6 Å². The van der Waals surface area contributed by atoms with Crippen molar-refractivity contribution in [3.8, 4) is 11.5 Å². The molecule has 17 heavy (non-hydrogen) atoms. The summed E-state index contributed by atoms with van der Waals surface area (Å²) in [4.78, 5) is 16.7. The van der Waals surface area contributed by atoms with Gasteiger partial charge in [0.15, 0.2) is 11.5 Å². The van der Waals surface area contributed by atoms with Crippen molar-refractivity contribution in [2.45, 2.75) is 0 Å². The average molecular weight is 248 g/mol. The van der Waals surface area contributed by atoms with Gasteiger partial charge in [-0.3, -0.25) is 0 Å². The third kappa shape index (κ3) is 1.72. The molecule has 2 heterocycles. The Bertz CT molecular complexity index is 644. The third-order valence-electron chi connectivity index (χ3n) is 2.48. The first-order valence-corrected chi connectivity index (χ1v) is 5.37. The van der Waals surface area contributed by atoms with Gasteiger partial charge in [0, 0.05) is 6.20 Å². The lowest BCUT2D eigenvalue weighted by atomic mass is 10.1. The molecule has 2 aromatic rings. The van der Waals surface area contributed by atoms with Gasteiger partial charge in [-0.1, -0.05) is 12.2 Å². The summed E-state index contributed by atoms with van der Waals surface area (Å²) >= 11 is 5.29. The second-order valence-corrected chi connectivity index (χ2v) is 3.96. The Kier molecular flexibility index (Phi) is 2.22. The number of hydrogen-bond acceptors (Lipinski definition) is 4. The lowest BCUT2D eigenvalue weighted by Crippen LogP contribution is -2.05. The number of rotatable bonds is 2. The fourth-order valence-corrected chi connectivity index (χ4v) is 1.88. The molecule has 0 saturated carbocycles. The molecule has 0 spiro atoms. The van der Waals surface area contributed by atoms with E-state index in [-0.39, 0.29) is 12.5 Å². The topological polar surface area (TPSA) is 67.1 Å². The molecule has 1 aromatic heterocycles. The minimum atomic E-state index is -0.275. The van der Waals surface area contributed by atoms with Gasteiger partial charge in [0.2, 0.25) is 6.79 Å². The van der Waals surface area contributed by atoms with Crippen LogP contribution in [-0.2, 0) is 0 Å². The van der Waals surface area contributed by atoms with E-state index in [0.717, 1.165) is 5.56 Å². The predicted octanol–water partition coefficient (Wildman–Crippen LogP) is 1.20. The number of aromatic amines is 2. The van der Waals surface area contributed by atoms with Gasteiger partial charge in [-0.05, 0) is 23.8 Å². The summed E-state index contributed by atoms with van der Waals surface area (Å²) < 4.78 is 10.5. The van der Waals surface area contributed by atoms with Crippen LogP contribution < -0.4 is 15.2 Å². The molecule has 0 unspecified atom stereocenters. The van der Waals surface area contributed by atoms with E-state index >= 15 is 0 Å². The number of fused-ring (bicyclic) bond motifs is 1. The van der Waals surface area contributed by atoms with Gasteiger partial charge in [-0.25, -0.2) is 4.79 Å². The highest BCUT2D eigenvalue weighted by atomic mass is 32.1. The zero-order chi connectivity index (χ0) is 11.8. The monoisotopic (exact) mass is 248 g/mol. The van der Waals surface area contributed by atoms with Gasteiger partial charge < -0.3 is 19.4 Å². The first-order chi connectivity index (χ1) is 8.24. The molecule has 1 aliphatic heterocycles. The number of thiocarbonyl (C=S) groups is 1. The summed E-state index contributed by atoms with van der Waals surface area (Å²) in [5, 5.41) is 0. The number of ether oxygens (including phenoxy) is 2. The Morgan fingerprint density at radius 3 is 2.88 bits per heavy atom. The van der Waals surface area contributed by atoms with E-state index in [9.17, 15) is 4.79 Å². The second kappa shape index (κ2) is 3.74. The molecule has 5 nitrogen and oxygen atoms in total. The minimum Gasteiger partial charge on any atom is -0.454 e. The van der Waals surface area contributed by atoms with E-state index in [1.54, 1.807) is 18.3 Å². The quantitative estimate of drug-likeness (QED) is 0.619. The molecular weight excluding hydrogens is 240 g/mol. The molecule has 0 aliphatic carbocycles. The highest BCUT2D eigenvalue weighted by Crippen LogP contribution is 2.33. The first kappa shape index (κ1) is 10.1. The molecule has 0 bridgehead atoms. The summed E-state index contributed by atoms with van der Waals surface area (Å²) in [6.45, 7) is 0.229. The second-order valence-electron chi connectivity index (χ2n) is 3.55. The molecule has 1 aromatic carbocycles. The van der Waals surface area contributed by atoms with Crippen molar-refractivity contribution >= 4 is 17.1 Å². The van der Waals surface area contributed by atoms with E-state index in [0.29, 0.717) is 22.1 Å². The minimum absolute atomic E-state index is 0.229. The molecule has 86 valence electrons. The van der Waals surface area contributed by atoms with Crippen molar-refractivity contribution in [3.05, 3.63) is 46.1 Å². The zero-order valence-electron chi connectivity index (χ0n) is 8.65. The highest BCUT2D eigenvalue weighted by molar-refractivity contribution is 7.81. The summed E-state index contributed by atoms with van der Waals surface area (Å²) in [6, 6.07) is 5.44. The van der Waals surface area contributed by atoms with Crippen LogP contribution in [0.5, 0.6) is 11.5 Å². The standard InChI is InChI=1S/C11H8N2O3S/c14-11-12-4-7(13-11)10(17)6-1-2-8-9(3-6)16-5-15-8/h1-4H,5H2,(H2,12,13,14).